The fraction of sp³-hybridized carbons (Fsp3) is 0.571. The van der Waals surface area contributed by atoms with E-state index in [4.69, 9.17) is 0 Å². The third-order valence-electron chi connectivity index (χ3n) is 3.59. The molecule has 0 spiro atoms. The Kier molecular flexibility index (Phi) is 4.50. The predicted octanol–water partition coefficient (Wildman–Crippen LogP) is 4.49. The zero-order valence-electron chi connectivity index (χ0n) is 10.3. The van der Waals surface area contributed by atoms with Crippen molar-refractivity contribution in [3.05, 3.63) is 29.6 Å². The normalized spacial score (nSPS) is 16.8. The predicted molar refractivity (Wildman–Crippen MR) is 66.0 cm³/mol. The van der Waals surface area contributed by atoms with Crippen molar-refractivity contribution < 1.29 is 13.2 Å². The van der Waals surface area contributed by atoms with Crippen molar-refractivity contribution in [2.75, 3.05) is 11.9 Å². The van der Waals surface area contributed by atoms with E-state index < -0.39 is 17.5 Å². The van der Waals surface area contributed by atoms with Crippen LogP contribution in [0.25, 0.3) is 0 Å². The Morgan fingerprint density at radius 3 is 2.50 bits per heavy atom. The standard InChI is InChI=1S/C14H18F3N/c15-11-8-12(16)14(17)13(9-11)18-7-6-10-4-2-1-3-5-10/h8-10,18H,1-7H2. The van der Waals surface area contributed by atoms with Crippen molar-refractivity contribution in [2.24, 2.45) is 5.92 Å². The van der Waals surface area contributed by atoms with Crippen molar-refractivity contribution >= 4 is 5.69 Å². The highest BCUT2D eigenvalue weighted by atomic mass is 19.2. The largest absolute Gasteiger partial charge is 0.382 e. The van der Waals surface area contributed by atoms with E-state index in [-0.39, 0.29) is 5.69 Å². The van der Waals surface area contributed by atoms with Gasteiger partial charge in [0.1, 0.15) is 5.82 Å². The second-order valence-corrected chi connectivity index (χ2v) is 4.97. The molecule has 0 aromatic heterocycles. The molecule has 100 valence electrons. The maximum absolute atomic E-state index is 13.3. The lowest BCUT2D eigenvalue weighted by Crippen LogP contribution is -2.13. The van der Waals surface area contributed by atoms with Gasteiger partial charge < -0.3 is 5.32 Å². The molecule has 4 heteroatoms. The molecule has 0 saturated heterocycles. The van der Waals surface area contributed by atoms with Crippen LogP contribution >= 0.6 is 0 Å². The molecule has 18 heavy (non-hydrogen) atoms. The number of halogens is 3. The minimum Gasteiger partial charge on any atom is -0.382 e. The van der Waals surface area contributed by atoms with Crippen LogP contribution in [-0.2, 0) is 0 Å². The molecule has 1 N–H and O–H groups in total. The average Bonchev–Trinajstić information content (AvgIpc) is 2.36. The van der Waals surface area contributed by atoms with Crippen LogP contribution in [0.2, 0.25) is 0 Å². The molecule has 1 aromatic carbocycles. The van der Waals surface area contributed by atoms with Gasteiger partial charge in [0, 0.05) is 18.7 Å². The van der Waals surface area contributed by atoms with E-state index >= 15 is 0 Å². The van der Waals surface area contributed by atoms with Crippen molar-refractivity contribution in [2.45, 2.75) is 38.5 Å². The van der Waals surface area contributed by atoms with Crippen molar-refractivity contribution in [3.63, 3.8) is 0 Å². The number of nitrogens with one attached hydrogen (secondary N) is 1. The van der Waals surface area contributed by atoms with Gasteiger partial charge in [0.25, 0.3) is 0 Å². The molecule has 1 aliphatic rings. The van der Waals surface area contributed by atoms with Crippen LogP contribution in [0.3, 0.4) is 0 Å². The highest BCUT2D eigenvalue weighted by Gasteiger charge is 2.14. The summed E-state index contributed by atoms with van der Waals surface area (Å²) >= 11 is 0. The van der Waals surface area contributed by atoms with Gasteiger partial charge in [-0.15, -0.1) is 0 Å². The topological polar surface area (TPSA) is 12.0 Å². The Bertz CT molecular complexity index is 400. The van der Waals surface area contributed by atoms with Crippen LogP contribution in [0.4, 0.5) is 18.9 Å². The molecule has 0 bridgehead atoms. The van der Waals surface area contributed by atoms with E-state index in [1.165, 1.54) is 32.1 Å². The summed E-state index contributed by atoms with van der Waals surface area (Å²) in [4.78, 5) is 0. The monoisotopic (exact) mass is 257 g/mol. The summed E-state index contributed by atoms with van der Waals surface area (Å²) in [7, 11) is 0. The summed E-state index contributed by atoms with van der Waals surface area (Å²) in [5.74, 6) is -2.24. The number of hydrogen-bond acceptors (Lipinski definition) is 1. The zero-order valence-corrected chi connectivity index (χ0v) is 10.3. The van der Waals surface area contributed by atoms with E-state index in [2.05, 4.69) is 5.32 Å². The Labute approximate surface area is 105 Å². The molecule has 0 heterocycles. The summed E-state index contributed by atoms with van der Waals surface area (Å²) in [5, 5.41) is 2.79. The number of benzene rings is 1. The lowest BCUT2D eigenvalue weighted by atomic mass is 9.87. The quantitative estimate of drug-likeness (QED) is 0.784. The Hall–Kier alpha value is -1.19. The Morgan fingerprint density at radius 2 is 1.78 bits per heavy atom. The van der Waals surface area contributed by atoms with Gasteiger partial charge in [0.15, 0.2) is 11.6 Å². The first-order valence-electron chi connectivity index (χ1n) is 6.55. The Balaban J connectivity index is 1.86. The van der Waals surface area contributed by atoms with Gasteiger partial charge in [0.2, 0.25) is 0 Å². The maximum atomic E-state index is 13.3. The summed E-state index contributed by atoms with van der Waals surface area (Å²) in [5.41, 5.74) is -0.0803. The second-order valence-electron chi connectivity index (χ2n) is 4.97. The summed E-state index contributed by atoms with van der Waals surface area (Å²) in [6.45, 7) is 0.560. The highest BCUT2D eigenvalue weighted by molar-refractivity contribution is 5.45. The van der Waals surface area contributed by atoms with E-state index in [1.807, 2.05) is 0 Å². The SMILES string of the molecule is Fc1cc(F)c(F)c(NCCC2CCCCC2)c1. The molecule has 1 aliphatic carbocycles. The molecular weight excluding hydrogens is 239 g/mol. The van der Waals surface area contributed by atoms with Crippen LogP contribution in [0.15, 0.2) is 12.1 Å². The molecule has 0 atom stereocenters. The van der Waals surface area contributed by atoms with Gasteiger partial charge in [-0.2, -0.15) is 0 Å². The van der Waals surface area contributed by atoms with Crippen LogP contribution < -0.4 is 5.32 Å². The van der Waals surface area contributed by atoms with Crippen LogP contribution in [0.5, 0.6) is 0 Å². The first kappa shape index (κ1) is 13.2. The van der Waals surface area contributed by atoms with Crippen LogP contribution in [0, 0.1) is 23.4 Å². The van der Waals surface area contributed by atoms with Crippen LogP contribution in [-0.4, -0.2) is 6.54 Å². The van der Waals surface area contributed by atoms with Crippen molar-refractivity contribution in [3.8, 4) is 0 Å². The molecule has 0 radical (unpaired) electrons. The fourth-order valence-electron chi connectivity index (χ4n) is 2.57. The van der Waals surface area contributed by atoms with E-state index in [1.54, 1.807) is 0 Å². The summed E-state index contributed by atoms with van der Waals surface area (Å²) < 4.78 is 39.3. The highest BCUT2D eigenvalue weighted by Crippen LogP contribution is 2.26. The lowest BCUT2D eigenvalue weighted by Gasteiger charge is -2.21. The number of anilines is 1. The minimum absolute atomic E-state index is 0.0803. The molecule has 1 fully saturated rings. The van der Waals surface area contributed by atoms with Gasteiger partial charge in [0.05, 0.1) is 5.69 Å². The molecule has 0 aliphatic heterocycles. The third-order valence-corrected chi connectivity index (χ3v) is 3.59. The molecule has 0 unspecified atom stereocenters. The van der Waals surface area contributed by atoms with Gasteiger partial charge in [-0.05, 0) is 12.3 Å². The van der Waals surface area contributed by atoms with Gasteiger partial charge in [-0.25, -0.2) is 13.2 Å². The minimum atomic E-state index is -1.14. The fourth-order valence-corrected chi connectivity index (χ4v) is 2.57. The summed E-state index contributed by atoms with van der Waals surface area (Å²) in [6, 6.07) is 1.56. The number of rotatable bonds is 4. The Morgan fingerprint density at radius 1 is 1.06 bits per heavy atom. The van der Waals surface area contributed by atoms with Gasteiger partial charge in [-0.1, -0.05) is 32.1 Å². The number of hydrogen-bond donors (Lipinski definition) is 1. The molecular formula is C14H18F3N. The van der Waals surface area contributed by atoms with Gasteiger partial charge >= 0.3 is 0 Å². The smallest absolute Gasteiger partial charge is 0.182 e. The third kappa shape index (κ3) is 3.40. The first-order valence-corrected chi connectivity index (χ1v) is 6.55. The average molecular weight is 257 g/mol. The van der Waals surface area contributed by atoms with E-state index in [0.29, 0.717) is 18.5 Å². The van der Waals surface area contributed by atoms with E-state index in [0.717, 1.165) is 12.5 Å². The first-order chi connectivity index (χ1) is 8.66. The molecule has 2 rings (SSSR count). The molecule has 0 amide bonds. The summed E-state index contributed by atoms with van der Waals surface area (Å²) in [6.07, 6.45) is 7.16. The lowest BCUT2D eigenvalue weighted by molar-refractivity contribution is 0.345. The van der Waals surface area contributed by atoms with Crippen molar-refractivity contribution in [1.29, 1.82) is 0 Å². The molecule has 1 nitrogen and oxygen atoms in total. The molecule has 1 aromatic rings. The second kappa shape index (κ2) is 6.12. The van der Waals surface area contributed by atoms with E-state index in [9.17, 15) is 13.2 Å². The molecule has 1 saturated carbocycles. The maximum Gasteiger partial charge on any atom is 0.182 e. The van der Waals surface area contributed by atoms with Crippen molar-refractivity contribution in [1.82, 2.24) is 0 Å². The zero-order chi connectivity index (χ0) is 13.0. The van der Waals surface area contributed by atoms with Gasteiger partial charge in [-0.3, -0.25) is 0 Å². The van der Waals surface area contributed by atoms with Crippen LogP contribution in [0.1, 0.15) is 38.5 Å².